The van der Waals surface area contributed by atoms with E-state index in [1.54, 1.807) is 6.07 Å². The van der Waals surface area contributed by atoms with Gasteiger partial charge in [0, 0.05) is 5.56 Å². The van der Waals surface area contributed by atoms with Crippen LogP contribution in [0.15, 0.2) is 36.4 Å². The predicted molar refractivity (Wildman–Crippen MR) is 84.8 cm³/mol. The Morgan fingerprint density at radius 1 is 1.00 bits per heavy atom. The van der Waals surface area contributed by atoms with Gasteiger partial charge in [-0.2, -0.15) is 0 Å². The lowest BCUT2D eigenvalue weighted by Gasteiger charge is -2.01. The van der Waals surface area contributed by atoms with Gasteiger partial charge < -0.3 is 0 Å². The molecule has 0 amide bonds. The summed E-state index contributed by atoms with van der Waals surface area (Å²) in [5.74, 6) is 7.07. The molecule has 0 aliphatic heterocycles. The minimum absolute atomic E-state index is 0.205. The van der Waals surface area contributed by atoms with Crippen LogP contribution in [0.1, 0.15) is 47.1 Å². The van der Waals surface area contributed by atoms with Gasteiger partial charge in [-0.25, -0.2) is 4.39 Å². The summed E-state index contributed by atoms with van der Waals surface area (Å²) in [4.78, 5) is 0. The quantitative estimate of drug-likeness (QED) is 0.646. The van der Waals surface area contributed by atoms with Crippen molar-refractivity contribution in [3.05, 3.63) is 70.0 Å². The van der Waals surface area contributed by atoms with Crippen LogP contribution in [0.4, 0.5) is 4.39 Å². The number of hydrogen-bond donors (Lipinski definition) is 0. The van der Waals surface area contributed by atoms with Crippen LogP contribution in [0, 0.1) is 37.4 Å². The second kappa shape index (κ2) is 5.37. The van der Waals surface area contributed by atoms with Crippen LogP contribution >= 0.6 is 0 Å². The molecule has 0 heterocycles. The number of aryl methyl sites for hydroxylation is 2. The van der Waals surface area contributed by atoms with Crippen molar-refractivity contribution in [3.8, 4) is 11.8 Å². The second-order valence-electron chi connectivity index (χ2n) is 6.13. The maximum absolute atomic E-state index is 14.1. The zero-order valence-corrected chi connectivity index (χ0v) is 12.7. The summed E-state index contributed by atoms with van der Waals surface area (Å²) >= 11 is 0. The largest absolute Gasteiger partial charge is 0.206 e. The van der Waals surface area contributed by atoms with Crippen molar-refractivity contribution in [2.75, 3.05) is 0 Å². The van der Waals surface area contributed by atoms with Gasteiger partial charge >= 0.3 is 0 Å². The summed E-state index contributed by atoms with van der Waals surface area (Å²) < 4.78 is 14.1. The minimum atomic E-state index is -0.205. The van der Waals surface area contributed by atoms with Crippen LogP contribution in [0.5, 0.6) is 0 Å². The topological polar surface area (TPSA) is 0 Å². The average molecular weight is 278 g/mol. The highest BCUT2D eigenvalue weighted by Crippen LogP contribution is 2.46. The number of hydrogen-bond acceptors (Lipinski definition) is 0. The summed E-state index contributed by atoms with van der Waals surface area (Å²) in [7, 11) is 0. The predicted octanol–water partition coefficient (Wildman–Crippen LogP) is 4.97. The van der Waals surface area contributed by atoms with E-state index in [1.807, 2.05) is 31.2 Å². The molecule has 2 atom stereocenters. The van der Waals surface area contributed by atoms with E-state index in [-0.39, 0.29) is 5.82 Å². The fourth-order valence-electron chi connectivity index (χ4n) is 2.74. The van der Waals surface area contributed by atoms with Crippen molar-refractivity contribution in [2.24, 2.45) is 5.92 Å². The highest BCUT2D eigenvalue weighted by atomic mass is 19.1. The van der Waals surface area contributed by atoms with E-state index in [1.165, 1.54) is 12.0 Å². The first-order valence-corrected chi connectivity index (χ1v) is 7.43. The molecule has 1 aliphatic carbocycles. The molecule has 106 valence electrons. The molecule has 0 bridgehead atoms. The molecule has 0 radical (unpaired) electrons. The molecule has 2 aromatic rings. The van der Waals surface area contributed by atoms with E-state index < -0.39 is 0 Å². The first-order chi connectivity index (χ1) is 10.0. The minimum Gasteiger partial charge on any atom is -0.206 e. The van der Waals surface area contributed by atoms with E-state index in [9.17, 15) is 4.39 Å². The fourth-order valence-corrected chi connectivity index (χ4v) is 2.74. The third-order valence-electron chi connectivity index (χ3n) is 4.24. The van der Waals surface area contributed by atoms with Crippen LogP contribution in [0.25, 0.3) is 0 Å². The summed E-state index contributed by atoms with van der Waals surface area (Å²) in [5.41, 5.74) is 4.89. The van der Waals surface area contributed by atoms with Gasteiger partial charge in [-0.3, -0.25) is 0 Å². The van der Waals surface area contributed by atoms with Crippen LogP contribution in [0.3, 0.4) is 0 Å². The zero-order chi connectivity index (χ0) is 15.0. The highest BCUT2D eigenvalue weighted by Gasteiger charge is 2.34. The van der Waals surface area contributed by atoms with Crippen molar-refractivity contribution in [1.29, 1.82) is 0 Å². The van der Waals surface area contributed by atoms with Crippen LogP contribution < -0.4 is 0 Å². The molecule has 21 heavy (non-hydrogen) atoms. The summed E-state index contributed by atoms with van der Waals surface area (Å²) in [6, 6.07) is 11.6. The molecule has 2 aromatic carbocycles. The molecule has 0 nitrogen and oxygen atoms in total. The third kappa shape index (κ3) is 3.00. The molecule has 1 saturated carbocycles. The Morgan fingerprint density at radius 2 is 1.67 bits per heavy atom. The van der Waals surface area contributed by atoms with E-state index in [4.69, 9.17) is 0 Å². The molecule has 0 aromatic heterocycles. The lowest BCUT2D eigenvalue weighted by atomic mass is 10.0. The van der Waals surface area contributed by atoms with Crippen LogP contribution in [-0.4, -0.2) is 0 Å². The van der Waals surface area contributed by atoms with Crippen molar-refractivity contribution in [2.45, 2.75) is 33.1 Å². The molecule has 0 spiro atoms. The smallest absolute Gasteiger partial charge is 0.139 e. The Hall–Kier alpha value is -2.07. The van der Waals surface area contributed by atoms with Crippen LogP contribution in [-0.2, 0) is 0 Å². The van der Waals surface area contributed by atoms with E-state index in [0.29, 0.717) is 17.4 Å². The molecule has 0 N–H and O–H groups in total. The Bertz CT molecular complexity index is 746. The Balaban J connectivity index is 1.87. The highest BCUT2D eigenvalue weighted by molar-refractivity contribution is 5.48. The van der Waals surface area contributed by atoms with Crippen LogP contribution in [0.2, 0.25) is 0 Å². The standard InChI is InChI=1S/C20H19F/c1-13-4-5-16(14(2)10-13)6-7-17-8-9-18(12-20(17)21)19-11-15(19)3/h4-5,8-10,12,15,19H,11H2,1-3H3. The van der Waals surface area contributed by atoms with Crippen molar-refractivity contribution < 1.29 is 4.39 Å². The molecule has 1 fully saturated rings. The lowest BCUT2D eigenvalue weighted by Crippen LogP contribution is -1.89. The molecule has 0 saturated heterocycles. The van der Waals surface area contributed by atoms with Gasteiger partial charge in [-0.05, 0) is 61.4 Å². The van der Waals surface area contributed by atoms with Gasteiger partial charge in [0.25, 0.3) is 0 Å². The first-order valence-electron chi connectivity index (χ1n) is 7.43. The van der Waals surface area contributed by atoms with Crippen molar-refractivity contribution in [1.82, 2.24) is 0 Å². The first kappa shape index (κ1) is 13.9. The second-order valence-corrected chi connectivity index (χ2v) is 6.13. The SMILES string of the molecule is Cc1ccc(C#Cc2ccc(C3CC3C)cc2F)c(C)c1. The number of halogens is 1. The monoisotopic (exact) mass is 278 g/mol. The molecule has 1 aliphatic rings. The normalized spacial score (nSPS) is 19.8. The van der Waals surface area contributed by atoms with Crippen molar-refractivity contribution in [3.63, 3.8) is 0 Å². The van der Waals surface area contributed by atoms with E-state index >= 15 is 0 Å². The van der Waals surface area contributed by atoms with E-state index in [0.717, 1.165) is 16.7 Å². The van der Waals surface area contributed by atoms with Gasteiger partial charge in [-0.1, -0.05) is 42.5 Å². The summed E-state index contributed by atoms with van der Waals surface area (Å²) in [6.07, 6.45) is 1.17. The van der Waals surface area contributed by atoms with Crippen molar-refractivity contribution >= 4 is 0 Å². The number of rotatable bonds is 1. The van der Waals surface area contributed by atoms with Gasteiger partial charge in [0.2, 0.25) is 0 Å². The Kier molecular flexibility index (Phi) is 3.55. The Morgan fingerprint density at radius 3 is 2.29 bits per heavy atom. The van der Waals surface area contributed by atoms with Gasteiger partial charge in [-0.15, -0.1) is 0 Å². The third-order valence-corrected chi connectivity index (χ3v) is 4.24. The maximum atomic E-state index is 14.1. The maximum Gasteiger partial charge on any atom is 0.139 e. The molecular weight excluding hydrogens is 259 g/mol. The number of benzene rings is 2. The fraction of sp³-hybridized carbons (Fsp3) is 0.300. The summed E-state index contributed by atoms with van der Waals surface area (Å²) in [5, 5.41) is 0. The molecule has 2 unspecified atom stereocenters. The molecule has 3 rings (SSSR count). The van der Waals surface area contributed by atoms with Gasteiger partial charge in [0.1, 0.15) is 5.82 Å². The lowest BCUT2D eigenvalue weighted by molar-refractivity contribution is 0.621. The zero-order valence-electron chi connectivity index (χ0n) is 12.7. The van der Waals surface area contributed by atoms with E-state index in [2.05, 4.69) is 31.8 Å². The van der Waals surface area contributed by atoms with Gasteiger partial charge in [0.15, 0.2) is 0 Å². The Labute approximate surface area is 126 Å². The van der Waals surface area contributed by atoms with Gasteiger partial charge in [0.05, 0.1) is 5.56 Å². The molecule has 1 heteroatoms. The summed E-state index contributed by atoms with van der Waals surface area (Å²) in [6.45, 7) is 6.29. The molecular formula is C20H19F. The average Bonchev–Trinajstić information content (AvgIpc) is 3.16.